The molecule has 0 radical (unpaired) electrons. The van der Waals surface area contributed by atoms with Crippen molar-refractivity contribution in [3.8, 4) is 5.75 Å². The fraction of sp³-hybridized carbons (Fsp3) is 0.143. The summed E-state index contributed by atoms with van der Waals surface area (Å²) in [4.78, 5) is 25.8. The van der Waals surface area contributed by atoms with Gasteiger partial charge in [-0.1, -0.05) is 12.1 Å². The number of methoxy groups -OCH3 is 1. The number of rotatable bonds is 2. The molecule has 1 saturated heterocycles. The van der Waals surface area contributed by atoms with E-state index >= 15 is 0 Å². The molecule has 1 aliphatic rings. The molecule has 0 saturated carbocycles. The Morgan fingerprint density at radius 3 is 2.84 bits per heavy atom. The SMILES string of the molecule is COc1cccc2c(/C=C3\CC(=O)NC3=O)c[nH]c12. The van der Waals surface area contributed by atoms with Gasteiger partial charge in [0.05, 0.1) is 19.0 Å². The maximum Gasteiger partial charge on any atom is 0.254 e. The van der Waals surface area contributed by atoms with E-state index in [2.05, 4.69) is 10.3 Å². The minimum atomic E-state index is -0.317. The van der Waals surface area contributed by atoms with Crippen molar-refractivity contribution in [2.45, 2.75) is 6.42 Å². The largest absolute Gasteiger partial charge is 0.495 e. The van der Waals surface area contributed by atoms with Gasteiger partial charge < -0.3 is 9.72 Å². The smallest absolute Gasteiger partial charge is 0.254 e. The first-order valence-electron chi connectivity index (χ1n) is 5.88. The summed E-state index contributed by atoms with van der Waals surface area (Å²) in [5, 5.41) is 3.23. The number of para-hydroxylation sites is 1. The number of amides is 2. The number of hydrogen-bond acceptors (Lipinski definition) is 3. The quantitative estimate of drug-likeness (QED) is 0.633. The number of aromatic nitrogens is 1. The second-order valence-electron chi connectivity index (χ2n) is 4.35. The Kier molecular flexibility index (Phi) is 2.59. The maximum atomic E-state index is 11.5. The summed E-state index contributed by atoms with van der Waals surface area (Å²) in [6.07, 6.45) is 3.67. The molecule has 5 heteroatoms. The molecule has 5 nitrogen and oxygen atoms in total. The summed E-state index contributed by atoms with van der Waals surface area (Å²) in [7, 11) is 1.61. The van der Waals surface area contributed by atoms with E-state index < -0.39 is 0 Å². The number of fused-ring (bicyclic) bond motifs is 1. The average molecular weight is 256 g/mol. The zero-order valence-electron chi connectivity index (χ0n) is 10.3. The van der Waals surface area contributed by atoms with E-state index in [4.69, 9.17) is 4.74 Å². The molecule has 0 aliphatic carbocycles. The van der Waals surface area contributed by atoms with Gasteiger partial charge in [-0.05, 0) is 12.1 Å². The summed E-state index contributed by atoms with van der Waals surface area (Å²) < 4.78 is 5.26. The normalized spacial score (nSPS) is 17.2. The lowest BCUT2D eigenvalue weighted by atomic mass is 10.1. The van der Waals surface area contributed by atoms with Gasteiger partial charge in [0.1, 0.15) is 5.75 Å². The second-order valence-corrected chi connectivity index (χ2v) is 4.35. The molecule has 2 amide bonds. The van der Waals surface area contributed by atoms with Crippen LogP contribution < -0.4 is 10.1 Å². The zero-order chi connectivity index (χ0) is 13.4. The summed E-state index contributed by atoms with van der Waals surface area (Å²) in [6.45, 7) is 0. The van der Waals surface area contributed by atoms with E-state index in [0.717, 1.165) is 22.2 Å². The molecular formula is C14H12N2O3. The number of ether oxygens (including phenoxy) is 1. The highest BCUT2D eigenvalue weighted by atomic mass is 16.5. The number of carbonyl (C=O) groups excluding carboxylic acids is 2. The number of hydrogen-bond donors (Lipinski definition) is 2. The molecular weight excluding hydrogens is 244 g/mol. The van der Waals surface area contributed by atoms with Gasteiger partial charge in [-0.2, -0.15) is 0 Å². The molecule has 3 rings (SSSR count). The summed E-state index contributed by atoms with van der Waals surface area (Å²) in [5.74, 6) is 0.171. The van der Waals surface area contributed by atoms with E-state index in [1.165, 1.54) is 0 Å². The molecule has 96 valence electrons. The molecule has 2 heterocycles. The lowest BCUT2D eigenvalue weighted by Crippen LogP contribution is -2.19. The van der Waals surface area contributed by atoms with Crippen LogP contribution in [0.15, 0.2) is 30.0 Å². The predicted molar refractivity (Wildman–Crippen MR) is 70.6 cm³/mol. The lowest BCUT2D eigenvalue weighted by molar-refractivity contribution is -0.124. The van der Waals surface area contributed by atoms with E-state index in [0.29, 0.717) is 5.57 Å². The fourth-order valence-corrected chi connectivity index (χ4v) is 2.25. The number of aromatic amines is 1. The van der Waals surface area contributed by atoms with E-state index in [1.54, 1.807) is 19.4 Å². The third-order valence-electron chi connectivity index (χ3n) is 3.15. The molecule has 2 aromatic rings. The second kappa shape index (κ2) is 4.28. The predicted octanol–water partition coefficient (Wildman–Crippen LogP) is 1.61. The molecule has 19 heavy (non-hydrogen) atoms. The Labute approximate surface area is 109 Å². The number of imide groups is 1. The van der Waals surface area contributed by atoms with Crippen LogP contribution in [0.2, 0.25) is 0 Å². The van der Waals surface area contributed by atoms with Crippen molar-refractivity contribution < 1.29 is 14.3 Å². The average Bonchev–Trinajstić information content (AvgIpc) is 2.94. The maximum absolute atomic E-state index is 11.5. The number of carbonyl (C=O) groups is 2. The van der Waals surface area contributed by atoms with Crippen LogP contribution in [0, 0.1) is 0 Å². The molecule has 0 unspecified atom stereocenters. The first-order chi connectivity index (χ1) is 9.19. The van der Waals surface area contributed by atoms with Crippen LogP contribution in [-0.2, 0) is 9.59 Å². The van der Waals surface area contributed by atoms with Gasteiger partial charge >= 0.3 is 0 Å². The highest BCUT2D eigenvalue weighted by Crippen LogP contribution is 2.28. The van der Waals surface area contributed by atoms with Gasteiger partial charge in [-0.25, -0.2) is 0 Å². The van der Waals surface area contributed by atoms with Crippen LogP contribution in [0.3, 0.4) is 0 Å². The van der Waals surface area contributed by atoms with Gasteiger partial charge in [0.25, 0.3) is 5.91 Å². The Balaban J connectivity index is 2.10. The highest BCUT2D eigenvalue weighted by molar-refractivity contribution is 6.16. The van der Waals surface area contributed by atoms with E-state index in [-0.39, 0.29) is 18.2 Å². The minimum Gasteiger partial charge on any atom is -0.495 e. The Hall–Kier alpha value is -2.56. The van der Waals surface area contributed by atoms with Crippen molar-refractivity contribution in [2.24, 2.45) is 0 Å². The number of nitrogens with one attached hydrogen (secondary N) is 2. The van der Waals surface area contributed by atoms with E-state index in [9.17, 15) is 9.59 Å². The van der Waals surface area contributed by atoms with Gasteiger partial charge in [-0.15, -0.1) is 0 Å². The summed E-state index contributed by atoms with van der Waals surface area (Å²) in [5.41, 5.74) is 2.23. The van der Waals surface area contributed by atoms with Crippen molar-refractivity contribution in [3.05, 3.63) is 35.5 Å². The molecule has 1 aliphatic heterocycles. The van der Waals surface area contributed by atoms with Crippen molar-refractivity contribution in [1.29, 1.82) is 0 Å². The lowest BCUT2D eigenvalue weighted by Gasteiger charge is -2.00. The molecule has 0 atom stereocenters. The van der Waals surface area contributed by atoms with Gasteiger partial charge in [0.2, 0.25) is 5.91 Å². The van der Waals surface area contributed by atoms with Crippen LogP contribution >= 0.6 is 0 Å². The molecule has 1 aromatic heterocycles. The number of benzene rings is 1. The van der Waals surface area contributed by atoms with Crippen LogP contribution in [0.4, 0.5) is 0 Å². The third kappa shape index (κ3) is 1.89. The van der Waals surface area contributed by atoms with Crippen molar-refractivity contribution in [2.75, 3.05) is 7.11 Å². The van der Waals surface area contributed by atoms with Crippen LogP contribution in [0.5, 0.6) is 5.75 Å². The molecule has 2 N–H and O–H groups in total. The summed E-state index contributed by atoms with van der Waals surface area (Å²) >= 11 is 0. The highest BCUT2D eigenvalue weighted by Gasteiger charge is 2.24. The Morgan fingerprint density at radius 2 is 2.16 bits per heavy atom. The van der Waals surface area contributed by atoms with E-state index in [1.807, 2.05) is 18.2 Å². The number of H-pyrrole nitrogens is 1. The Bertz CT molecular complexity index is 713. The van der Waals surface area contributed by atoms with Crippen molar-refractivity contribution >= 4 is 28.8 Å². The first kappa shape index (κ1) is 11.5. The van der Waals surface area contributed by atoms with Gasteiger partial charge in [0.15, 0.2) is 0 Å². The van der Waals surface area contributed by atoms with Gasteiger partial charge in [-0.3, -0.25) is 14.9 Å². The van der Waals surface area contributed by atoms with Crippen LogP contribution in [0.1, 0.15) is 12.0 Å². The fourth-order valence-electron chi connectivity index (χ4n) is 2.25. The third-order valence-corrected chi connectivity index (χ3v) is 3.15. The topological polar surface area (TPSA) is 71.2 Å². The molecule has 0 bridgehead atoms. The molecule has 1 fully saturated rings. The van der Waals surface area contributed by atoms with Crippen molar-refractivity contribution in [3.63, 3.8) is 0 Å². The minimum absolute atomic E-state index is 0.134. The van der Waals surface area contributed by atoms with Crippen LogP contribution in [-0.4, -0.2) is 23.9 Å². The van der Waals surface area contributed by atoms with Crippen LogP contribution in [0.25, 0.3) is 17.0 Å². The summed E-state index contributed by atoms with van der Waals surface area (Å²) in [6, 6.07) is 5.69. The monoisotopic (exact) mass is 256 g/mol. The molecule has 1 aromatic carbocycles. The van der Waals surface area contributed by atoms with Gasteiger partial charge in [0, 0.05) is 22.7 Å². The zero-order valence-corrected chi connectivity index (χ0v) is 10.3. The standard InChI is InChI=1S/C14H12N2O3/c1-19-11-4-2-3-10-9(7-15-13(10)11)5-8-6-12(17)16-14(8)18/h2-5,7,15H,6H2,1H3,(H,16,17,18)/b8-5+. The Morgan fingerprint density at radius 1 is 1.32 bits per heavy atom. The first-order valence-corrected chi connectivity index (χ1v) is 5.88. The van der Waals surface area contributed by atoms with Crippen molar-refractivity contribution in [1.82, 2.24) is 10.3 Å². The molecule has 0 spiro atoms.